The van der Waals surface area contributed by atoms with E-state index < -0.39 is 44.0 Å². The second kappa shape index (κ2) is 7.33. The number of hydrogen-bond donors (Lipinski definition) is 1. The minimum atomic E-state index is -4.75. The molecule has 0 saturated carbocycles. The van der Waals surface area contributed by atoms with Gasteiger partial charge >= 0.3 is 6.03 Å². The summed E-state index contributed by atoms with van der Waals surface area (Å²) < 4.78 is 27.8. The van der Waals surface area contributed by atoms with Gasteiger partial charge in [-0.05, 0) is 40.5 Å². The van der Waals surface area contributed by atoms with Gasteiger partial charge in [-0.3, -0.25) is 14.4 Å². The largest absolute Gasteiger partial charge is 0.339 e. The number of nitrogens with zero attached hydrogens (tertiary/aromatic N) is 1. The number of amides is 3. The molecule has 2 aliphatic carbocycles. The Balaban J connectivity index is 1.36. The zero-order valence-corrected chi connectivity index (χ0v) is 20.3. The molecule has 1 fully saturated rings. The van der Waals surface area contributed by atoms with Gasteiger partial charge in [0.05, 0.1) is 4.90 Å². The van der Waals surface area contributed by atoms with E-state index in [1.807, 2.05) is 12.1 Å². The molecule has 0 aromatic heterocycles. The summed E-state index contributed by atoms with van der Waals surface area (Å²) in [6.07, 6.45) is 0. The second-order valence-corrected chi connectivity index (χ2v) is 11.0. The fourth-order valence-electron chi connectivity index (χ4n) is 5.67. The summed E-state index contributed by atoms with van der Waals surface area (Å²) in [5.74, 6) is -1.89. The molecule has 0 bridgehead atoms. The van der Waals surface area contributed by atoms with Gasteiger partial charge in [-0.2, -0.15) is 0 Å². The first kappa shape index (κ1) is 22.3. The molecule has 1 spiro atoms. The minimum absolute atomic E-state index is 0.0555. The first-order chi connectivity index (χ1) is 18.3. The van der Waals surface area contributed by atoms with Crippen molar-refractivity contribution >= 4 is 33.5 Å². The van der Waals surface area contributed by atoms with E-state index in [1.54, 1.807) is 48.5 Å². The molecule has 3 amide bonds. The van der Waals surface area contributed by atoms with E-state index in [2.05, 4.69) is 5.32 Å². The standard InChI is InChI=1S/C29H16N2O6S/c32-25-19-9-1-2-10-20(19)26(33)22-15-16(13-14-21(22)25)38(36,37)31-27(34)29(30-28(31)35)23-11-5-3-7-17(23)18-8-4-6-12-24(18)29/h1-15H,(H,30,35). The van der Waals surface area contributed by atoms with E-state index in [0.29, 0.717) is 22.3 Å². The molecule has 0 atom stereocenters. The van der Waals surface area contributed by atoms with Gasteiger partial charge in [0.2, 0.25) is 0 Å². The zero-order chi connectivity index (χ0) is 26.4. The summed E-state index contributed by atoms with van der Waals surface area (Å²) in [7, 11) is -4.75. The van der Waals surface area contributed by atoms with Gasteiger partial charge in [0, 0.05) is 22.3 Å². The Morgan fingerprint density at radius 3 is 1.63 bits per heavy atom. The number of nitrogens with one attached hydrogen (secondary N) is 1. The fraction of sp³-hybridized carbons (Fsp3) is 0.0345. The number of sulfonamides is 1. The number of imide groups is 1. The van der Waals surface area contributed by atoms with Crippen LogP contribution in [0.2, 0.25) is 0 Å². The van der Waals surface area contributed by atoms with Gasteiger partial charge in [0.1, 0.15) is 0 Å². The van der Waals surface area contributed by atoms with Crippen LogP contribution in [0.5, 0.6) is 0 Å². The van der Waals surface area contributed by atoms with Crippen molar-refractivity contribution in [2.24, 2.45) is 0 Å². The smallest absolute Gasteiger partial charge is 0.315 e. The molecule has 38 heavy (non-hydrogen) atoms. The topological polar surface area (TPSA) is 118 Å². The lowest BCUT2D eigenvalue weighted by molar-refractivity contribution is -0.126. The number of urea groups is 1. The first-order valence-electron chi connectivity index (χ1n) is 11.7. The van der Waals surface area contributed by atoms with E-state index in [4.69, 9.17) is 0 Å². The van der Waals surface area contributed by atoms with Crippen molar-refractivity contribution in [3.8, 4) is 11.1 Å². The fourth-order valence-corrected chi connectivity index (χ4v) is 7.01. The van der Waals surface area contributed by atoms with Crippen LogP contribution in [-0.4, -0.2) is 36.2 Å². The van der Waals surface area contributed by atoms with Crippen LogP contribution >= 0.6 is 0 Å². The van der Waals surface area contributed by atoms with E-state index in [-0.39, 0.29) is 26.6 Å². The monoisotopic (exact) mass is 520 g/mol. The van der Waals surface area contributed by atoms with Crippen LogP contribution in [-0.2, 0) is 20.4 Å². The van der Waals surface area contributed by atoms with Gasteiger partial charge in [0.15, 0.2) is 17.1 Å². The lowest BCUT2D eigenvalue weighted by Gasteiger charge is -2.24. The quantitative estimate of drug-likeness (QED) is 0.355. The molecule has 1 N–H and O–H groups in total. The predicted molar refractivity (Wildman–Crippen MR) is 135 cm³/mol. The molecule has 4 aromatic rings. The van der Waals surface area contributed by atoms with Crippen molar-refractivity contribution in [2.45, 2.75) is 10.4 Å². The van der Waals surface area contributed by atoms with Gasteiger partial charge in [-0.25, -0.2) is 13.2 Å². The van der Waals surface area contributed by atoms with E-state index in [9.17, 15) is 27.6 Å². The van der Waals surface area contributed by atoms with Crippen molar-refractivity contribution in [1.29, 1.82) is 0 Å². The molecule has 0 radical (unpaired) electrons. The number of benzene rings is 4. The van der Waals surface area contributed by atoms with E-state index in [0.717, 1.165) is 12.1 Å². The Bertz CT molecular complexity index is 1860. The van der Waals surface area contributed by atoms with Crippen LogP contribution in [0.1, 0.15) is 43.0 Å². The Hall–Kier alpha value is -4.89. The lowest BCUT2D eigenvalue weighted by atomic mass is 9.84. The molecule has 1 aliphatic heterocycles. The molecule has 8 nitrogen and oxygen atoms in total. The normalized spacial score (nSPS) is 16.7. The predicted octanol–water partition coefficient (Wildman–Crippen LogP) is 3.63. The van der Waals surface area contributed by atoms with Crippen molar-refractivity contribution in [3.63, 3.8) is 0 Å². The van der Waals surface area contributed by atoms with Crippen molar-refractivity contribution in [3.05, 3.63) is 124 Å². The highest BCUT2D eigenvalue weighted by atomic mass is 32.2. The zero-order valence-electron chi connectivity index (χ0n) is 19.5. The van der Waals surface area contributed by atoms with E-state index in [1.165, 1.54) is 18.2 Å². The Kier molecular flexibility index (Phi) is 4.31. The summed E-state index contributed by atoms with van der Waals surface area (Å²) in [5.41, 5.74) is 1.01. The first-order valence-corrected chi connectivity index (χ1v) is 13.1. The summed E-state index contributed by atoms with van der Waals surface area (Å²) in [4.78, 5) is 52.9. The summed E-state index contributed by atoms with van der Waals surface area (Å²) in [6, 6.07) is 22.6. The summed E-state index contributed by atoms with van der Waals surface area (Å²) >= 11 is 0. The molecule has 1 heterocycles. The maximum absolute atomic E-state index is 14.0. The molecular weight excluding hydrogens is 504 g/mol. The molecule has 9 heteroatoms. The minimum Gasteiger partial charge on any atom is -0.315 e. The van der Waals surface area contributed by atoms with Crippen LogP contribution in [0.4, 0.5) is 4.79 Å². The lowest BCUT2D eigenvalue weighted by Crippen LogP contribution is -2.44. The molecule has 3 aliphatic rings. The second-order valence-electron chi connectivity index (χ2n) is 9.26. The third-order valence-electron chi connectivity index (χ3n) is 7.37. The van der Waals surface area contributed by atoms with Crippen molar-refractivity contribution in [1.82, 2.24) is 9.62 Å². The molecular formula is C29H16N2O6S. The Labute approximate surface area is 216 Å². The average Bonchev–Trinajstić information content (AvgIpc) is 3.38. The van der Waals surface area contributed by atoms with Crippen LogP contribution in [0, 0.1) is 0 Å². The van der Waals surface area contributed by atoms with Gasteiger partial charge in [-0.1, -0.05) is 72.8 Å². The number of carbonyl (C=O) groups excluding carboxylic acids is 4. The van der Waals surface area contributed by atoms with Crippen LogP contribution in [0.25, 0.3) is 11.1 Å². The summed E-state index contributed by atoms with van der Waals surface area (Å²) in [5, 5.41) is 2.65. The van der Waals surface area contributed by atoms with E-state index >= 15 is 0 Å². The highest BCUT2D eigenvalue weighted by molar-refractivity contribution is 7.90. The Morgan fingerprint density at radius 1 is 0.579 bits per heavy atom. The van der Waals surface area contributed by atoms with Gasteiger partial charge < -0.3 is 5.32 Å². The average molecular weight is 521 g/mol. The highest BCUT2D eigenvalue weighted by Gasteiger charge is 2.61. The van der Waals surface area contributed by atoms with Gasteiger partial charge in [-0.15, -0.1) is 4.31 Å². The van der Waals surface area contributed by atoms with Crippen LogP contribution in [0.15, 0.2) is 95.9 Å². The van der Waals surface area contributed by atoms with Crippen molar-refractivity contribution in [2.75, 3.05) is 0 Å². The number of ketones is 2. The maximum atomic E-state index is 14.0. The van der Waals surface area contributed by atoms with Gasteiger partial charge in [0.25, 0.3) is 15.9 Å². The third kappa shape index (κ3) is 2.60. The molecule has 0 unspecified atom stereocenters. The third-order valence-corrected chi connectivity index (χ3v) is 9.03. The molecule has 184 valence electrons. The SMILES string of the molecule is O=C1c2ccccc2C(=O)c2cc(S(=O)(=O)N3C(=O)NC4(C3=O)c3ccccc3-c3ccccc34)ccc21. The molecule has 7 rings (SSSR count). The van der Waals surface area contributed by atoms with Crippen molar-refractivity contribution < 1.29 is 27.6 Å². The summed E-state index contributed by atoms with van der Waals surface area (Å²) in [6.45, 7) is 0. The van der Waals surface area contributed by atoms with Crippen LogP contribution < -0.4 is 5.32 Å². The number of carbonyl (C=O) groups is 4. The number of hydrogen-bond acceptors (Lipinski definition) is 6. The number of rotatable bonds is 2. The maximum Gasteiger partial charge on any atom is 0.339 e. The van der Waals surface area contributed by atoms with Crippen LogP contribution in [0.3, 0.4) is 0 Å². The highest BCUT2D eigenvalue weighted by Crippen LogP contribution is 2.50. The molecule has 1 saturated heterocycles. The molecule has 4 aromatic carbocycles. The Morgan fingerprint density at radius 2 is 1.05 bits per heavy atom. The number of fused-ring (bicyclic) bond motifs is 7.